The number of amides is 1. The lowest BCUT2D eigenvalue weighted by molar-refractivity contribution is 0.0275. The van der Waals surface area contributed by atoms with Crippen molar-refractivity contribution < 1.29 is 14.3 Å². The van der Waals surface area contributed by atoms with Crippen LogP contribution in [0.15, 0.2) is 18.3 Å². The molecule has 1 fully saturated rings. The van der Waals surface area contributed by atoms with Gasteiger partial charge >= 0.3 is 6.09 Å². The van der Waals surface area contributed by atoms with Crippen LogP contribution in [0.5, 0.6) is 5.88 Å². The van der Waals surface area contributed by atoms with E-state index in [1.807, 2.05) is 20.8 Å². The Hall–Kier alpha value is -1.49. The fraction of sp³-hybridized carbons (Fsp3) is 0.571. The van der Waals surface area contributed by atoms with Crippen molar-refractivity contribution in [3.05, 3.63) is 23.4 Å². The van der Waals surface area contributed by atoms with Crippen molar-refractivity contribution in [2.24, 2.45) is 0 Å². The molecule has 20 heavy (non-hydrogen) atoms. The summed E-state index contributed by atoms with van der Waals surface area (Å²) in [5, 5.41) is 0.475. The zero-order chi connectivity index (χ0) is 14.8. The van der Waals surface area contributed by atoms with Gasteiger partial charge in [-0.25, -0.2) is 9.78 Å². The summed E-state index contributed by atoms with van der Waals surface area (Å²) in [6, 6.07) is 3.47. The average Bonchev–Trinajstić information content (AvgIpc) is 2.79. The molecule has 2 rings (SSSR count). The van der Waals surface area contributed by atoms with E-state index in [2.05, 4.69) is 4.98 Å². The first-order chi connectivity index (χ1) is 9.35. The topological polar surface area (TPSA) is 51.7 Å². The molecule has 0 bridgehead atoms. The minimum atomic E-state index is -0.486. The SMILES string of the molecule is CC(C)(C)OC(=O)N1CCC(Oc2ncccc2Cl)C1. The number of carbonyl (C=O) groups is 1. The molecule has 1 aromatic heterocycles. The second kappa shape index (κ2) is 5.87. The van der Waals surface area contributed by atoms with Crippen LogP contribution in [0.4, 0.5) is 4.79 Å². The highest BCUT2D eigenvalue weighted by Gasteiger charge is 2.31. The Morgan fingerprint density at radius 1 is 1.50 bits per heavy atom. The second-order valence-electron chi connectivity index (χ2n) is 5.75. The number of carbonyl (C=O) groups excluding carboxylic acids is 1. The Balaban J connectivity index is 1.90. The van der Waals surface area contributed by atoms with Gasteiger partial charge in [-0.05, 0) is 32.9 Å². The van der Waals surface area contributed by atoms with Gasteiger partial charge in [-0.2, -0.15) is 0 Å². The van der Waals surface area contributed by atoms with Gasteiger partial charge in [0.25, 0.3) is 0 Å². The Kier molecular flexibility index (Phi) is 4.38. The van der Waals surface area contributed by atoms with E-state index in [-0.39, 0.29) is 12.2 Å². The summed E-state index contributed by atoms with van der Waals surface area (Å²) in [4.78, 5) is 17.7. The molecule has 1 aromatic rings. The number of hydrogen-bond donors (Lipinski definition) is 0. The molecule has 1 amide bonds. The van der Waals surface area contributed by atoms with E-state index >= 15 is 0 Å². The summed E-state index contributed by atoms with van der Waals surface area (Å²) in [6.45, 7) is 6.65. The van der Waals surface area contributed by atoms with Gasteiger partial charge in [-0.15, -0.1) is 0 Å². The molecule has 0 radical (unpaired) electrons. The molecular formula is C14H19ClN2O3. The van der Waals surface area contributed by atoms with E-state index in [9.17, 15) is 4.79 Å². The molecule has 0 aliphatic carbocycles. The Morgan fingerprint density at radius 3 is 2.90 bits per heavy atom. The average molecular weight is 299 g/mol. The van der Waals surface area contributed by atoms with Gasteiger partial charge in [-0.3, -0.25) is 0 Å². The molecule has 0 N–H and O–H groups in total. The highest BCUT2D eigenvalue weighted by atomic mass is 35.5. The molecule has 2 heterocycles. The molecule has 0 spiro atoms. The Labute approximate surface area is 123 Å². The lowest BCUT2D eigenvalue weighted by Gasteiger charge is -2.24. The van der Waals surface area contributed by atoms with Crippen molar-refractivity contribution in [3.63, 3.8) is 0 Å². The normalized spacial score (nSPS) is 19.0. The maximum absolute atomic E-state index is 11.9. The number of halogens is 1. The van der Waals surface area contributed by atoms with Gasteiger partial charge in [-0.1, -0.05) is 11.6 Å². The van der Waals surface area contributed by atoms with Gasteiger partial charge in [0.1, 0.15) is 16.7 Å². The summed E-state index contributed by atoms with van der Waals surface area (Å²) < 4.78 is 11.1. The molecule has 110 valence electrons. The van der Waals surface area contributed by atoms with E-state index < -0.39 is 5.60 Å². The van der Waals surface area contributed by atoms with Crippen molar-refractivity contribution in [2.45, 2.75) is 38.9 Å². The summed E-state index contributed by atoms with van der Waals surface area (Å²) in [5.41, 5.74) is -0.486. The van der Waals surface area contributed by atoms with Crippen molar-refractivity contribution >= 4 is 17.7 Å². The molecule has 0 saturated carbocycles. The number of pyridine rings is 1. The number of hydrogen-bond acceptors (Lipinski definition) is 4. The van der Waals surface area contributed by atoms with Crippen molar-refractivity contribution in [3.8, 4) is 5.88 Å². The monoisotopic (exact) mass is 298 g/mol. The first-order valence-corrected chi connectivity index (χ1v) is 6.98. The fourth-order valence-electron chi connectivity index (χ4n) is 1.93. The fourth-order valence-corrected chi connectivity index (χ4v) is 2.10. The maximum atomic E-state index is 11.9. The molecule has 6 heteroatoms. The number of ether oxygens (including phenoxy) is 2. The molecule has 1 atom stereocenters. The molecule has 1 aliphatic rings. The minimum Gasteiger partial charge on any atom is -0.471 e. The summed E-state index contributed by atoms with van der Waals surface area (Å²) in [7, 11) is 0. The highest BCUT2D eigenvalue weighted by Crippen LogP contribution is 2.24. The van der Waals surface area contributed by atoms with E-state index in [1.165, 1.54) is 0 Å². The largest absolute Gasteiger partial charge is 0.471 e. The van der Waals surface area contributed by atoms with Crippen LogP contribution < -0.4 is 4.74 Å². The summed E-state index contributed by atoms with van der Waals surface area (Å²) >= 11 is 6.00. The third-order valence-electron chi connectivity index (χ3n) is 2.80. The van der Waals surface area contributed by atoms with Crippen molar-refractivity contribution in [2.75, 3.05) is 13.1 Å². The van der Waals surface area contributed by atoms with Gasteiger partial charge in [0.05, 0.1) is 6.54 Å². The summed E-state index contributed by atoms with van der Waals surface area (Å²) in [5.74, 6) is 0.408. The molecule has 1 unspecified atom stereocenters. The van der Waals surface area contributed by atoms with Crippen molar-refractivity contribution in [1.29, 1.82) is 0 Å². The summed E-state index contributed by atoms with van der Waals surface area (Å²) in [6.07, 6.45) is 1.96. The predicted octanol–water partition coefficient (Wildman–Crippen LogP) is 3.12. The maximum Gasteiger partial charge on any atom is 0.410 e. The zero-order valence-corrected chi connectivity index (χ0v) is 12.7. The number of nitrogens with zero attached hydrogens (tertiary/aromatic N) is 2. The van der Waals surface area contributed by atoms with Crippen molar-refractivity contribution in [1.82, 2.24) is 9.88 Å². The Morgan fingerprint density at radius 2 is 2.25 bits per heavy atom. The van der Waals surface area contributed by atoms with Gasteiger partial charge in [0, 0.05) is 19.2 Å². The second-order valence-corrected chi connectivity index (χ2v) is 6.15. The van der Waals surface area contributed by atoms with Crippen LogP contribution in [0.1, 0.15) is 27.2 Å². The Bertz CT molecular complexity index is 488. The van der Waals surface area contributed by atoms with E-state index in [0.717, 1.165) is 6.42 Å². The third kappa shape index (κ3) is 4.00. The first-order valence-electron chi connectivity index (χ1n) is 6.60. The van der Waals surface area contributed by atoms with Crippen LogP contribution in [0.3, 0.4) is 0 Å². The molecule has 1 saturated heterocycles. The number of likely N-dealkylation sites (tertiary alicyclic amines) is 1. The molecule has 5 nitrogen and oxygen atoms in total. The lowest BCUT2D eigenvalue weighted by Crippen LogP contribution is -2.36. The minimum absolute atomic E-state index is 0.102. The lowest BCUT2D eigenvalue weighted by atomic mass is 10.2. The van der Waals surface area contributed by atoms with Gasteiger partial charge < -0.3 is 14.4 Å². The van der Waals surface area contributed by atoms with Crippen LogP contribution in [-0.2, 0) is 4.74 Å². The van der Waals surface area contributed by atoms with Crippen LogP contribution in [-0.4, -0.2) is 40.8 Å². The van der Waals surface area contributed by atoms with E-state index in [4.69, 9.17) is 21.1 Å². The van der Waals surface area contributed by atoms with Crippen LogP contribution in [0.2, 0.25) is 5.02 Å². The first kappa shape index (κ1) is 14.9. The van der Waals surface area contributed by atoms with E-state index in [1.54, 1.807) is 23.2 Å². The number of aromatic nitrogens is 1. The standard InChI is InChI=1S/C14H19ClN2O3/c1-14(2,3)20-13(18)17-8-6-10(9-17)19-12-11(15)5-4-7-16-12/h4-5,7,10H,6,8-9H2,1-3H3. The van der Waals surface area contributed by atoms with Crippen LogP contribution in [0, 0.1) is 0 Å². The molecular weight excluding hydrogens is 280 g/mol. The van der Waals surface area contributed by atoms with Crippen LogP contribution >= 0.6 is 11.6 Å². The van der Waals surface area contributed by atoms with Gasteiger partial charge in [0.15, 0.2) is 0 Å². The van der Waals surface area contributed by atoms with Crippen LogP contribution in [0.25, 0.3) is 0 Å². The van der Waals surface area contributed by atoms with E-state index in [0.29, 0.717) is 24.0 Å². The predicted molar refractivity (Wildman–Crippen MR) is 76.1 cm³/mol. The zero-order valence-electron chi connectivity index (χ0n) is 11.9. The quantitative estimate of drug-likeness (QED) is 0.842. The number of rotatable bonds is 2. The highest BCUT2D eigenvalue weighted by molar-refractivity contribution is 6.31. The smallest absolute Gasteiger partial charge is 0.410 e. The van der Waals surface area contributed by atoms with Gasteiger partial charge in [0.2, 0.25) is 5.88 Å². The third-order valence-corrected chi connectivity index (χ3v) is 3.09. The molecule has 0 aromatic carbocycles. The molecule has 1 aliphatic heterocycles.